The van der Waals surface area contributed by atoms with Gasteiger partial charge in [-0.05, 0) is 37.1 Å². The van der Waals surface area contributed by atoms with Crippen LogP contribution in [0.1, 0.15) is 17.5 Å². The average molecular weight is 286 g/mol. The van der Waals surface area contributed by atoms with E-state index in [1.807, 2.05) is 26.0 Å². The Bertz CT molecular complexity index is 368. The zero-order valence-corrected chi connectivity index (χ0v) is 11.3. The Morgan fingerprint density at radius 2 is 1.94 bits per heavy atom. The van der Waals surface area contributed by atoms with Gasteiger partial charge in [0, 0.05) is 16.7 Å². The number of nitrogens with one attached hydrogen (secondary N) is 1. The maximum absolute atomic E-state index is 11.0. The van der Waals surface area contributed by atoms with Gasteiger partial charge in [-0.2, -0.15) is 0 Å². The van der Waals surface area contributed by atoms with Crippen molar-refractivity contribution in [3.8, 4) is 0 Å². The van der Waals surface area contributed by atoms with Crippen molar-refractivity contribution in [3.05, 3.63) is 27.7 Å². The zero-order valence-electron chi connectivity index (χ0n) is 9.76. The summed E-state index contributed by atoms with van der Waals surface area (Å²) in [5.41, 5.74) is 3.42. The summed E-state index contributed by atoms with van der Waals surface area (Å²) in [5, 5.41) is 3.25. The predicted molar refractivity (Wildman–Crippen MR) is 68.7 cm³/mol. The van der Waals surface area contributed by atoms with Gasteiger partial charge in [0.15, 0.2) is 0 Å². The van der Waals surface area contributed by atoms with Gasteiger partial charge in [-0.3, -0.25) is 4.79 Å². The molecule has 0 saturated heterocycles. The van der Waals surface area contributed by atoms with Gasteiger partial charge in [-0.1, -0.05) is 15.9 Å². The van der Waals surface area contributed by atoms with E-state index in [0.717, 1.165) is 21.3 Å². The summed E-state index contributed by atoms with van der Waals surface area (Å²) in [4.78, 5) is 11.0. The van der Waals surface area contributed by atoms with Crippen molar-refractivity contribution in [1.82, 2.24) is 0 Å². The third-order valence-electron chi connectivity index (χ3n) is 2.36. The van der Waals surface area contributed by atoms with Crippen LogP contribution in [0.3, 0.4) is 0 Å². The number of aryl methyl sites for hydroxylation is 2. The van der Waals surface area contributed by atoms with Gasteiger partial charge in [-0.25, -0.2) is 0 Å². The van der Waals surface area contributed by atoms with Gasteiger partial charge in [-0.15, -0.1) is 0 Å². The Balaban J connectivity index is 2.64. The molecule has 4 heteroatoms. The molecule has 0 spiro atoms. The second kappa shape index (κ2) is 5.89. The van der Waals surface area contributed by atoms with Crippen LogP contribution in [0, 0.1) is 13.8 Å². The predicted octanol–water partition coefficient (Wildman–Crippen LogP) is 3.04. The summed E-state index contributed by atoms with van der Waals surface area (Å²) in [6.07, 6.45) is 0.380. The van der Waals surface area contributed by atoms with E-state index >= 15 is 0 Å². The second-order valence-corrected chi connectivity index (χ2v) is 4.58. The lowest BCUT2D eigenvalue weighted by molar-refractivity contribution is -0.140. The Kier molecular flexibility index (Phi) is 4.80. The molecule has 88 valence electrons. The molecule has 0 atom stereocenters. The van der Waals surface area contributed by atoms with Crippen molar-refractivity contribution in [2.75, 3.05) is 19.0 Å². The van der Waals surface area contributed by atoms with Crippen LogP contribution in [0.4, 0.5) is 5.69 Å². The molecule has 1 N–H and O–H groups in total. The third kappa shape index (κ3) is 3.52. The number of anilines is 1. The molecule has 0 fully saturated rings. The van der Waals surface area contributed by atoms with E-state index in [-0.39, 0.29) is 5.97 Å². The first-order valence-electron chi connectivity index (χ1n) is 5.12. The Morgan fingerprint density at radius 3 is 2.44 bits per heavy atom. The van der Waals surface area contributed by atoms with Gasteiger partial charge in [0.1, 0.15) is 0 Å². The summed E-state index contributed by atoms with van der Waals surface area (Å²) in [5.74, 6) is -0.195. The first-order chi connectivity index (χ1) is 7.54. The van der Waals surface area contributed by atoms with E-state index in [2.05, 4.69) is 26.0 Å². The number of halogens is 1. The number of carbonyl (C=O) groups excluding carboxylic acids is 1. The fourth-order valence-electron chi connectivity index (χ4n) is 1.58. The average Bonchev–Trinajstić information content (AvgIpc) is 2.21. The van der Waals surface area contributed by atoms with Crippen LogP contribution in [0.25, 0.3) is 0 Å². The van der Waals surface area contributed by atoms with Gasteiger partial charge in [0.25, 0.3) is 0 Å². The molecule has 0 saturated carbocycles. The number of hydrogen-bond acceptors (Lipinski definition) is 3. The third-order valence-corrected chi connectivity index (χ3v) is 2.81. The van der Waals surface area contributed by atoms with Crippen molar-refractivity contribution in [3.63, 3.8) is 0 Å². The first-order valence-corrected chi connectivity index (χ1v) is 5.91. The van der Waals surface area contributed by atoms with Gasteiger partial charge in [0.05, 0.1) is 13.5 Å². The number of esters is 1. The lowest BCUT2D eigenvalue weighted by Gasteiger charge is -2.12. The highest BCUT2D eigenvalue weighted by Crippen LogP contribution is 2.24. The van der Waals surface area contributed by atoms with E-state index in [4.69, 9.17) is 0 Å². The van der Waals surface area contributed by atoms with Crippen molar-refractivity contribution in [2.45, 2.75) is 20.3 Å². The van der Waals surface area contributed by atoms with Crippen LogP contribution in [0.5, 0.6) is 0 Å². The molecule has 0 aliphatic heterocycles. The highest BCUT2D eigenvalue weighted by Gasteiger charge is 2.05. The van der Waals surface area contributed by atoms with Gasteiger partial charge >= 0.3 is 5.97 Å². The van der Waals surface area contributed by atoms with E-state index in [9.17, 15) is 4.79 Å². The van der Waals surface area contributed by atoms with Gasteiger partial charge in [0.2, 0.25) is 0 Å². The minimum atomic E-state index is -0.195. The maximum atomic E-state index is 11.0. The highest BCUT2D eigenvalue weighted by molar-refractivity contribution is 9.10. The molecule has 1 aromatic rings. The van der Waals surface area contributed by atoms with E-state index in [0.29, 0.717) is 13.0 Å². The van der Waals surface area contributed by atoms with Crippen LogP contribution >= 0.6 is 15.9 Å². The molecule has 1 rings (SSSR count). The Labute approximate surface area is 104 Å². The van der Waals surface area contributed by atoms with Crippen LogP contribution in [0.2, 0.25) is 0 Å². The standard InChI is InChI=1S/C12H16BrNO2/c1-8-6-10(13)7-9(2)12(8)14-5-4-11(15)16-3/h6-7,14H,4-5H2,1-3H3. The maximum Gasteiger partial charge on any atom is 0.307 e. The highest BCUT2D eigenvalue weighted by atomic mass is 79.9. The minimum Gasteiger partial charge on any atom is -0.469 e. The molecule has 0 heterocycles. The largest absolute Gasteiger partial charge is 0.469 e. The Hall–Kier alpha value is -1.03. The topological polar surface area (TPSA) is 38.3 Å². The molecular formula is C12H16BrNO2. The smallest absolute Gasteiger partial charge is 0.307 e. The molecule has 16 heavy (non-hydrogen) atoms. The lowest BCUT2D eigenvalue weighted by Crippen LogP contribution is -2.11. The van der Waals surface area contributed by atoms with Crippen LogP contribution in [0.15, 0.2) is 16.6 Å². The quantitative estimate of drug-likeness (QED) is 0.865. The lowest BCUT2D eigenvalue weighted by atomic mass is 10.1. The molecule has 0 aromatic heterocycles. The van der Waals surface area contributed by atoms with Crippen LogP contribution < -0.4 is 5.32 Å². The molecule has 0 aliphatic rings. The number of ether oxygens (including phenoxy) is 1. The van der Waals surface area contributed by atoms with Crippen molar-refractivity contribution >= 4 is 27.6 Å². The number of hydrogen-bond donors (Lipinski definition) is 1. The number of carbonyl (C=O) groups is 1. The summed E-state index contributed by atoms with van der Waals surface area (Å²) < 4.78 is 5.65. The van der Waals surface area contributed by atoms with Gasteiger partial charge < -0.3 is 10.1 Å². The fraction of sp³-hybridized carbons (Fsp3) is 0.417. The molecule has 0 aliphatic carbocycles. The number of rotatable bonds is 4. The normalized spacial score (nSPS) is 10.0. The summed E-state index contributed by atoms with van der Waals surface area (Å²) in [6.45, 7) is 4.67. The minimum absolute atomic E-state index is 0.195. The van der Waals surface area contributed by atoms with Crippen molar-refractivity contribution < 1.29 is 9.53 Å². The molecule has 1 aromatic carbocycles. The van der Waals surface area contributed by atoms with Crippen molar-refractivity contribution in [2.24, 2.45) is 0 Å². The summed E-state index contributed by atoms with van der Waals surface area (Å²) in [7, 11) is 1.40. The number of methoxy groups -OCH3 is 1. The molecule has 0 radical (unpaired) electrons. The van der Waals surface area contributed by atoms with Crippen LogP contribution in [-0.4, -0.2) is 19.6 Å². The first kappa shape index (κ1) is 13.0. The molecule has 0 amide bonds. The summed E-state index contributed by atoms with van der Waals surface area (Å²) >= 11 is 3.45. The van der Waals surface area contributed by atoms with E-state index < -0.39 is 0 Å². The van der Waals surface area contributed by atoms with Crippen LogP contribution in [-0.2, 0) is 9.53 Å². The molecule has 3 nitrogen and oxygen atoms in total. The zero-order chi connectivity index (χ0) is 12.1. The van der Waals surface area contributed by atoms with E-state index in [1.54, 1.807) is 0 Å². The SMILES string of the molecule is COC(=O)CCNc1c(C)cc(Br)cc1C. The summed E-state index contributed by atoms with van der Waals surface area (Å²) in [6, 6.07) is 4.10. The Morgan fingerprint density at radius 1 is 1.38 bits per heavy atom. The molecule has 0 unspecified atom stereocenters. The molecular weight excluding hydrogens is 270 g/mol. The second-order valence-electron chi connectivity index (χ2n) is 3.67. The van der Waals surface area contributed by atoms with E-state index in [1.165, 1.54) is 7.11 Å². The van der Waals surface area contributed by atoms with Crippen molar-refractivity contribution in [1.29, 1.82) is 0 Å². The fourth-order valence-corrected chi connectivity index (χ4v) is 2.27. The monoisotopic (exact) mass is 285 g/mol. The molecule has 0 bridgehead atoms. The number of benzene rings is 1.